The van der Waals surface area contributed by atoms with Crippen LogP contribution in [0.5, 0.6) is 0 Å². The molecule has 7 heteroatoms. The summed E-state index contributed by atoms with van der Waals surface area (Å²) in [5, 5.41) is 3.29. The second-order valence-electron chi connectivity index (χ2n) is 9.98. The van der Waals surface area contributed by atoms with E-state index in [4.69, 9.17) is 0 Å². The minimum absolute atomic E-state index is 0.246. The molecule has 0 radical (unpaired) electrons. The van der Waals surface area contributed by atoms with Crippen molar-refractivity contribution in [2.75, 3.05) is 24.1 Å². The lowest BCUT2D eigenvalue weighted by Crippen LogP contribution is -2.44. The lowest BCUT2D eigenvalue weighted by atomic mass is 9.86. The van der Waals surface area contributed by atoms with Crippen molar-refractivity contribution in [1.29, 1.82) is 0 Å². The van der Waals surface area contributed by atoms with Gasteiger partial charge in [-0.3, -0.25) is 14.4 Å². The molecular formula is C27H37N3O3S. The Kier molecular flexibility index (Phi) is 8.27. The van der Waals surface area contributed by atoms with Crippen LogP contribution < -0.4 is 10.0 Å². The Bertz CT molecular complexity index is 1050. The monoisotopic (exact) mass is 483 g/mol. The van der Waals surface area contributed by atoms with Crippen LogP contribution in [0.4, 0.5) is 5.69 Å². The molecule has 0 spiro atoms. The lowest BCUT2D eigenvalue weighted by molar-refractivity contribution is -0.123. The summed E-state index contributed by atoms with van der Waals surface area (Å²) < 4.78 is 25.3. The van der Waals surface area contributed by atoms with Crippen molar-refractivity contribution in [3.63, 3.8) is 0 Å². The Morgan fingerprint density at radius 3 is 2.32 bits per heavy atom. The zero-order valence-electron chi connectivity index (χ0n) is 20.1. The van der Waals surface area contributed by atoms with Crippen LogP contribution in [-0.2, 0) is 21.4 Å². The summed E-state index contributed by atoms with van der Waals surface area (Å²) in [6.45, 7) is 2.87. The van der Waals surface area contributed by atoms with Crippen LogP contribution in [0.25, 0.3) is 11.1 Å². The Morgan fingerprint density at radius 1 is 0.941 bits per heavy atom. The summed E-state index contributed by atoms with van der Waals surface area (Å²) >= 11 is 0. The Labute approximate surface area is 204 Å². The maximum atomic E-state index is 12.5. The van der Waals surface area contributed by atoms with Crippen molar-refractivity contribution >= 4 is 21.6 Å². The van der Waals surface area contributed by atoms with E-state index in [0.717, 1.165) is 49.9 Å². The van der Waals surface area contributed by atoms with Crippen LogP contribution in [0.15, 0.2) is 48.5 Å². The molecule has 184 valence electrons. The number of benzene rings is 2. The SMILES string of the molecule is CS(=O)(=O)Nc1ccc(-c2cccc(CN3CCC(NC(=O)CC4CCCCC4)CC3)c2)cc1. The number of nitrogens with zero attached hydrogens (tertiary/aromatic N) is 1. The molecule has 2 aromatic carbocycles. The highest BCUT2D eigenvalue weighted by Crippen LogP contribution is 2.27. The van der Waals surface area contributed by atoms with E-state index >= 15 is 0 Å². The maximum Gasteiger partial charge on any atom is 0.229 e. The van der Waals surface area contributed by atoms with Gasteiger partial charge < -0.3 is 5.32 Å². The minimum atomic E-state index is -3.27. The van der Waals surface area contributed by atoms with Gasteiger partial charge in [-0.15, -0.1) is 0 Å². The van der Waals surface area contributed by atoms with Gasteiger partial charge in [-0.2, -0.15) is 0 Å². The second kappa shape index (κ2) is 11.4. The number of carbonyl (C=O) groups is 1. The molecule has 2 N–H and O–H groups in total. The number of rotatable bonds is 8. The van der Waals surface area contributed by atoms with Crippen LogP contribution in [0.3, 0.4) is 0 Å². The first-order valence-electron chi connectivity index (χ1n) is 12.5. The van der Waals surface area contributed by atoms with Crippen molar-refractivity contribution < 1.29 is 13.2 Å². The molecule has 0 bridgehead atoms. The Balaban J connectivity index is 1.26. The molecule has 34 heavy (non-hydrogen) atoms. The lowest BCUT2D eigenvalue weighted by Gasteiger charge is -2.33. The minimum Gasteiger partial charge on any atom is -0.353 e. The molecule has 2 aliphatic rings. The molecule has 2 aromatic rings. The zero-order chi connectivity index (χ0) is 24.0. The molecular weight excluding hydrogens is 446 g/mol. The van der Waals surface area contributed by atoms with Crippen molar-refractivity contribution in [1.82, 2.24) is 10.2 Å². The van der Waals surface area contributed by atoms with Gasteiger partial charge in [-0.05, 0) is 66.5 Å². The first-order valence-corrected chi connectivity index (χ1v) is 14.4. The Morgan fingerprint density at radius 2 is 1.65 bits per heavy atom. The van der Waals surface area contributed by atoms with Gasteiger partial charge in [0.25, 0.3) is 0 Å². The summed E-state index contributed by atoms with van der Waals surface area (Å²) in [7, 11) is -3.27. The van der Waals surface area contributed by atoms with Crippen molar-refractivity contribution in [3.05, 3.63) is 54.1 Å². The van der Waals surface area contributed by atoms with Crippen molar-refractivity contribution in [2.24, 2.45) is 5.92 Å². The fourth-order valence-electron chi connectivity index (χ4n) is 5.23. The van der Waals surface area contributed by atoms with Crippen LogP contribution in [-0.4, -0.2) is 44.6 Å². The second-order valence-corrected chi connectivity index (χ2v) is 11.7. The number of likely N-dealkylation sites (tertiary alicyclic amines) is 1. The normalized spacial score (nSPS) is 18.5. The molecule has 0 unspecified atom stereocenters. The first-order chi connectivity index (χ1) is 16.3. The number of anilines is 1. The van der Waals surface area contributed by atoms with E-state index in [2.05, 4.69) is 39.2 Å². The molecule has 6 nitrogen and oxygen atoms in total. The average molecular weight is 484 g/mol. The van der Waals surface area contributed by atoms with E-state index in [9.17, 15) is 13.2 Å². The quantitative estimate of drug-likeness (QED) is 0.567. The summed E-state index contributed by atoms with van der Waals surface area (Å²) in [4.78, 5) is 14.9. The molecule has 1 saturated carbocycles. The van der Waals surface area contributed by atoms with Gasteiger partial charge in [0.05, 0.1) is 6.26 Å². The predicted molar refractivity (Wildman–Crippen MR) is 138 cm³/mol. The molecule has 1 aliphatic heterocycles. The number of carbonyl (C=O) groups excluding carboxylic acids is 1. The van der Waals surface area contributed by atoms with E-state index in [1.165, 1.54) is 37.7 Å². The molecule has 4 rings (SSSR count). The molecule has 1 saturated heterocycles. The predicted octanol–water partition coefficient (Wildman–Crippen LogP) is 4.78. The summed E-state index contributed by atoms with van der Waals surface area (Å²) in [5.74, 6) is 0.837. The zero-order valence-corrected chi connectivity index (χ0v) is 20.9. The number of hydrogen-bond acceptors (Lipinski definition) is 4. The van der Waals surface area contributed by atoms with Crippen LogP contribution in [0.1, 0.15) is 56.9 Å². The number of hydrogen-bond donors (Lipinski definition) is 2. The highest BCUT2D eigenvalue weighted by molar-refractivity contribution is 7.92. The molecule has 2 fully saturated rings. The van der Waals surface area contributed by atoms with Gasteiger partial charge >= 0.3 is 0 Å². The fourth-order valence-corrected chi connectivity index (χ4v) is 5.79. The van der Waals surface area contributed by atoms with E-state index in [1.807, 2.05) is 12.1 Å². The maximum absolute atomic E-state index is 12.5. The van der Waals surface area contributed by atoms with E-state index in [0.29, 0.717) is 24.1 Å². The van der Waals surface area contributed by atoms with Gasteiger partial charge in [-0.1, -0.05) is 49.6 Å². The van der Waals surface area contributed by atoms with Gasteiger partial charge in [0.2, 0.25) is 15.9 Å². The van der Waals surface area contributed by atoms with Crippen molar-refractivity contribution in [2.45, 2.75) is 64.0 Å². The third kappa shape index (κ3) is 7.57. The largest absolute Gasteiger partial charge is 0.353 e. The molecule has 1 aliphatic carbocycles. The van der Waals surface area contributed by atoms with Gasteiger partial charge in [0.1, 0.15) is 0 Å². The molecule has 0 atom stereocenters. The molecule has 0 aromatic heterocycles. The highest BCUT2D eigenvalue weighted by atomic mass is 32.2. The summed E-state index contributed by atoms with van der Waals surface area (Å²) in [5.41, 5.74) is 4.00. The highest BCUT2D eigenvalue weighted by Gasteiger charge is 2.23. The topological polar surface area (TPSA) is 78.5 Å². The van der Waals surface area contributed by atoms with Crippen molar-refractivity contribution in [3.8, 4) is 11.1 Å². The fraction of sp³-hybridized carbons (Fsp3) is 0.519. The number of amides is 1. The number of sulfonamides is 1. The standard InChI is InChI=1S/C27H37N3O3S/c1-34(32,33)29-26-12-10-23(11-13-26)24-9-5-8-22(18-24)20-30-16-14-25(15-17-30)28-27(31)19-21-6-3-2-4-7-21/h5,8-13,18,21,25,29H,2-4,6-7,14-17,19-20H2,1H3,(H,28,31). The number of piperidine rings is 1. The Hall–Kier alpha value is -2.38. The van der Waals surface area contributed by atoms with Crippen LogP contribution in [0.2, 0.25) is 0 Å². The van der Waals surface area contributed by atoms with E-state index in [-0.39, 0.29) is 5.91 Å². The summed E-state index contributed by atoms with van der Waals surface area (Å²) in [6.07, 6.45) is 10.2. The van der Waals surface area contributed by atoms with Crippen LogP contribution in [0, 0.1) is 5.92 Å². The van der Waals surface area contributed by atoms with Crippen LogP contribution >= 0.6 is 0 Å². The third-order valence-corrected chi connectivity index (χ3v) is 7.61. The van der Waals surface area contributed by atoms with Gasteiger partial charge in [0, 0.05) is 37.8 Å². The third-order valence-electron chi connectivity index (χ3n) is 7.01. The first kappa shape index (κ1) is 24.7. The molecule has 1 amide bonds. The smallest absolute Gasteiger partial charge is 0.229 e. The van der Waals surface area contributed by atoms with E-state index in [1.54, 1.807) is 12.1 Å². The van der Waals surface area contributed by atoms with E-state index < -0.39 is 10.0 Å². The average Bonchev–Trinajstić information content (AvgIpc) is 2.81. The molecule has 1 heterocycles. The summed E-state index contributed by atoms with van der Waals surface area (Å²) in [6, 6.07) is 16.3. The van der Waals surface area contributed by atoms with Gasteiger partial charge in [-0.25, -0.2) is 8.42 Å². The van der Waals surface area contributed by atoms with Gasteiger partial charge in [0.15, 0.2) is 0 Å². The number of nitrogens with one attached hydrogen (secondary N) is 2.